The summed E-state index contributed by atoms with van der Waals surface area (Å²) in [7, 11) is 0. The molecule has 6 heteroatoms. The lowest BCUT2D eigenvalue weighted by Gasteiger charge is -2.18. The summed E-state index contributed by atoms with van der Waals surface area (Å²) in [5.41, 5.74) is 14.8. The van der Waals surface area contributed by atoms with Crippen LogP contribution in [0.5, 0.6) is 0 Å². The lowest BCUT2D eigenvalue weighted by Crippen LogP contribution is -2.09. The van der Waals surface area contributed by atoms with Gasteiger partial charge in [-0.15, -0.1) is 0 Å². The molecular formula is C63H40N6. The molecule has 10 aromatic carbocycles. The Morgan fingerprint density at radius 1 is 0.232 bits per heavy atom. The molecule has 4 heterocycles. The van der Waals surface area contributed by atoms with Crippen LogP contribution in [-0.2, 0) is 0 Å². The van der Waals surface area contributed by atoms with Crippen LogP contribution in [0.1, 0.15) is 0 Å². The van der Waals surface area contributed by atoms with Gasteiger partial charge in [-0.1, -0.05) is 194 Å². The SMILES string of the molecule is c1ccc(-c2cccc3c4ccccc4n(-c4ccccc4-c4nc(-c5ccccc5-n5c6ccccc6c6cccc(-c7ccccc7)c65)nc(-n5c6ccccc6c6ccccc65)n4)c23)cc1. The van der Waals surface area contributed by atoms with Crippen LogP contribution in [0.25, 0.3) is 128 Å². The third kappa shape index (κ3) is 6.02. The van der Waals surface area contributed by atoms with Crippen molar-refractivity contribution in [3.05, 3.63) is 243 Å². The Kier molecular flexibility index (Phi) is 8.79. The fourth-order valence-corrected chi connectivity index (χ4v) is 10.8. The van der Waals surface area contributed by atoms with E-state index in [1.54, 1.807) is 0 Å². The fourth-order valence-electron chi connectivity index (χ4n) is 10.8. The summed E-state index contributed by atoms with van der Waals surface area (Å²) in [4.78, 5) is 16.7. The first-order chi connectivity index (χ1) is 34.3. The van der Waals surface area contributed by atoms with Crippen molar-refractivity contribution in [1.29, 1.82) is 0 Å². The predicted octanol–water partition coefficient (Wildman–Crippen LogP) is 15.8. The molecule has 322 valence electrons. The van der Waals surface area contributed by atoms with E-state index in [1.807, 2.05) is 0 Å². The highest BCUT2D eigenvalue weighted by Crippen LogP contribution is 2.43. The third-order valence-electron chi connectivity index (χ3n) is 13.7. The lowest BCUT2D eigenvalue weighted by atomic mass is 10.0. The van der Waals surface area contributed by atoms with Crippen LogP contribution in [0.3, 0.4) is 0 Å². The largest absolute Gasteiger partial charge is 0.308 e. The van der Waals surface area contributed by atoms with Gasteiger partial charge in [-0.25, -0.2) is 4.98 Å². The Bertz CT molecular complexity index is 4040. The number of nitrogens with zero attached hydrogens (tertiary/aromatic N) is 6. The smallest absolute Gasteiger partial charge is 0.238 e. The van der Waals surface area contributed by atoms with Crippen molar-refractivity contribution in [2.45, 2.75) is 0 Å². The second kappa shape index (κ2) is 15.6. The number of benzene rings is 10. The van der Waals surface area contributed by atoms with Crippen LogP contribution >= 0.6 is 0 Å². The second-order valence-corrected chi connectivity index (χ2v) is 17.5. The molecule has 0 aliphatic heterocycles. The molecule has 4 aromatic heterocycles. The molecule has 0 unspecified atom stereocenters. The topological polar surface area (TPSA) is 53.5 Å². The minimum atomic E-state index is 0.538. The van der Waals surface area contributed by atoms with Gasteiger partial charge in [0.25, 0.3) is 0 Å². The van der Waals surface area contributed by atoms with Gasteiger partial charge in [0.1, 0.15) is 0 Å². The number of hydrogen-bond donors (Lipinski definition) is 0. The van der Waals surface area contributed by atoms with Crippen molar-refractivity contribution in [2.75, 3.05) is 0 Å². The van der Waals surface area contributed by atoms with Crippen molar-refractivity contribution in [1.82, 2.24) is 28.7 Å². The summed E-state index contributed by atoms with van der Waals surface area (Å²) < 4.78 is 7.01. The zero-order chi connectivity index (χ0) is 45.4. The van der Waals surface area contributed by atoms with Crippen LogP contribution in [0, 0.1) is 0 Å². The number of rotatable bonds is 7. The maximum Gasteiger partial charge on any atom is 0.238 e. The lowest BCUT2D eigenvalue weighted by molar-refractivity contribution is 0.950. The van der Waals surface area contributed by atoms with Gasteiger partial charge in [0, 0.05) is 54.6 Å². The molecule has 0 spiro atoms. The molecule has 0 N–H and O–H groups in total. The van der Waals surface area contributed by atoms with Gasteiger partial charge in [0.2, 0.25) is 5.95 Å². The van der Waals surface area contributed by atoms with Gasteiger partial charge < -0.3 is 9.13 Å². The monoisotopic (exact) mass is 880 g/mol. The van der Waals surface area contributed by atoms with Crippen LogP contribution in [-0.4, -0.2) is 28.7 Å². The van der Waals surface area contributed by atoms with Crippen LogP contribution in [0.4, 0.5) is 0 Å². The number of aromatic nitrogens is 6. The zero-order valence-electron chi connectivity index (χ0n) is 37.3. The molecule has 0 amide bonds. The summed E-state index contributed by atoms with van der Waals surface area (Å²) in [5, 5.41) is 6.98. The van der Waals surface area contributed by atoms with Crippen LogP contribution < -0.4 is 0 Å². The van der Waals surface area contributed by atoms with Crippen molar-refractivity contribution < 1.29 is 0 Å². The Balaban J connectivity index is 1.08. The minimum Gasteiger partial charge on any atom is -0.308 e. The molecule has 0 saturated heterocycles. The van der Waals surface area contributed by atoms with Crippen molar-refractivity contribution in [3.8, 4) is 62.4 Å². The molecule has 0 radical (unpaired) electrons. The first-order valence-electron chi connectivity index (χ1n) is 23.4. The Labute approximate surface area is 397 Å². The van der Waals surface area contributed by atoms with E-state index in [1.165, 1.54) is 21.5 Å². The molecular weight excluding hydrogens is 841 g/mol. The molecule has 0 saturated carbocycles. The second-order valence-electron chi connectivity index (χ2n) is 17.5. The molecule has 69 heavy (non-hydrogen) atoms. The summed E-state index contributed by atoms with van der Waals surface area (Å²) >= 11 is 0. The normalized spacial score (nSPS) is 11.8. The predicted molar refractivity (Wildman–Crippen MR) is 285 cm³/mol. The number of para-hydroxylation sites is 8. The summed E-state index contributed by atoms with van der Waals surface area (Å²) in [5.74, 6) is 1.67. The molecule has 14 aromatic rings. The summed E-state index contributed by atoms with van der Waals surface area (Å²) in [6.45, 7) is 0. The molecule has 0 bridgehead atoms. The minimum absolute atomic E-state index is 0.538. The standard InChI is InChI=1S/C63H40N6/c1-3-21-41(22-4-1)43-31-19-33-49-47-27-9-13-35-53(47)67(59(43)49)57-39-17-11-29-51(57)61-64-62(66-63(65-61)69-55-37-15-7-25-45(55)46-26-8-16-38-56(46)69)52-30-12-18-40-58(52)68-54-36-14-10-28-48(54)50-34-20-32-44(60(50)68)42-23-5-2-6-24-42/h1-40H. The van der Waals surface area contributed by atoms with E-state index in [2.05, 4.69) is 256 Å². The van der Waals surface area contributed by atoms with Gasteiger partial charge in [-0.2, -0.15) is 9.97 Å². The van der Waals surface area contributed by atoms with E-state index < -0.39 is 0 Å². The van der Waals surface area contributed by atoms with E-state index >= 15 is 0 Å². The summed E-state index contributed by atoms with van der Waals surface area (Å²) in [6.07, 6.45) is 0. The van der Waals surface area contributed by atoms with Crippen LogP contribution in [0.2, 0.25) is 0 Å². The molecule has 0 atom stereocenters. The van der Waals surface area contributed by atoms with E-state index in [9.17, 15) is 0 Å². The Morgan fingerprint density at radius 2 is 0.551 bits per heavy atom. The Hall–Kier alpha value is -9.39. The van der Waals surface area contributed by atoms with Gasteiger partial charge in [0.05, 0.1) is 44.5 Å². The molecule has 0 aliphatic rings. The Morgan fingerprint density at radius 3 is 0.986 bits per heavy atom. The zero-order valence-corrected chi connectivity index (χ0v) is 37.3. The molecule has 6 nitrogen and oxygen atoms in total. The maximum absolute atomic E-state index is 5.60. The average Bonchev–Trinajstić information content (AvgIpc) is 4.07. The van der Waals surface area contributed by atoms with Crippen molar-refractivity contribution in [3.63, 3.8) is 0 Å². The quantitative estimate of drug-likeness (QED) is 0.160. The van der Waals surface area contributed by atoms with Gasteiger partial charge in [-0.05, 0) is 59.7 Å². The molecule has 0 aliphatic carbocycles. The highest BCUT2D eigenvalue weighted by atomic mass is 15.2. The van der Waals surface area contributed by atoms with Gasteiger partial charge in [-0.3, -0.25) is 4.57 Å². The third-order valence-corrected chi connectivity index (χ3v) is 13.7. The first kappa shape index (κ1) is 38.8. The van der Waals surface area contributed by atoms with E-state index in [0.717, 1.165) is 88.6 Å². The van der Waals surface area contributed by atoms with E-state index in [4.69, 9.17) is 15.0 Å². The fraction of sp³-hybridized carbons (Fsp3) is 0. The molecule has 0 fully saturated rings. The highest BCUT2D eigenvalue weighted by molar-refractivity contribution is 6.16. The first-order valence-corrected chi connectivity index (χ1v) is 23.4. The average molecular weight is 881 g/mol. The maximum atomic E-state index is 5.60. The number of hydrogen-bond acceptors (Lipinski definition) is 3. The van der Waals surface area contributed by atoms with Gasteiger partial charge >= 0.3 is 0 Å². The van der Waals surface area contributed by atoms with E-state index in [-0.39, 0.29) is 0 Å². The van der Waals surface area contributed by atoms with E-state index in [0.29, 0.717) is 17.6 Å². The van der Waals surface area contributed by atoms with Crippen LogP contribution in [0.15, 0.2) is 243 Å². The number of fused-ring (bicyclic) bond motifs is 9. The van der Waals surface area contributed by atoms with Crippen molar-refractivity contribution in [2.24, 2.45) is 0 Å². The highest BCUT2D eigenvalue weighted by Gasteiger charge is 2.25. The van der Waals surface area contributed by atoms with Gasteiger partial charge in [0.15, 0.2) is 11.6 Å². The van der Waals surface area contributed by atoms with Crippen molar-refractivity contribution >= 4 is 65.4 Å². The summed E-state index contributed by atoms with van der Waals surface area (Å²) in [6, 6.07) is 86.1. The molecule has 14 rings (SSSR count).